The number of rotatable bonds is 15. The van der Waals surface area contributed by atoms with Crippen LogP contribution in [0.25, 0.3) is 0 Å². The first-order valence-electron chi connectivity index (χ1n) is 32.6. The van der Waals surface area contributed by atoms with E-state index in [0.717, 1.165) is 84.9 Å². The summed E-state index contributed by atoms with van der Waals surface area (Å²) in [6, 6.07) is 0. The molecule has 12 atom stereocenters. The van der Waals surface area contributed by atoms with Gasteiger partial charge >= 0.3 is 0 Å². The molecule has 2 aliphatic carbocycles. The summed E-state index contributed by atoms with van der Waals surface area (Å²) in [5.74, 6) is 11.6. The Morgan fingerprint density at radius 2 is 0.600 bits per heavy atom. The van der Waals surface area contributed by atoms with Crippen LogP contribution in [0.15, 0.2) is 0 Å². The summed E-state index contributed by atoms with van der Waals surface area (Å²) in [7, 11) is 0. The van der Waals surface area contributed by atoms with Gasteiger partial charge in [0.15, 0.2) is 0 Å². The molecule has 0 saturated heterocycles. The molecule has 0 aromatic heterocycles. The molecule has 0 amide bonds. The second-order valence-electron chi connectivity index (χ2n) is 28.7. The minimum atomic E-state index is -0.134. The molecule has 0 spiro atoms. The van der Waals surface area contributed by atoms with E-state index in [0.29, 0.717) is 41.1 Å². The first kappa shape index (κ1) is 142. The Kier molecular flexibility index (Phi) is 159. The van der Waals surface area contributed by atoms with Crippen LogP contribution in [0, 0.1) is 93.7 Å². The molecule has 0 aliphatic heterocycles. The van der Waals surface area contributed by atoms with E-state index in [1.807, 2.05) is 27.7 Å². The van der Waals surface area contributed by atoms with Crippen molar-refractivity contribution in [2.24, 2.45) is 93.7 Å². The molecule has 2 saturated carbocycles. The first-order valence-corrected chi connectivity index (χ1v) is 32.6. The van der Waals surface area contributed by atoms with Gasteiger partial charge in [-0.25, -0.2) is 0 Å². The largest absolute Gasteiger partial charge is 0.396 e. The van der Waals surface area contributed by atoms with Crippen molar-refractivity contribution in [3.05, 3.63) is 0 Å². The Balaban J connectivity index is -0.0000000302. The molecule has 0 aromatic carbocycles. The van der Waals surface area contributed by atoms with Crippen molar-refractivity contribution in [3.63, 3.8) is 0 Å². The van der Waals surface area contributed by atoms with Gasteiger partial charge in [-0.15, -0.1) is 0 Å². The third kappa shape index (κ3) is 157. The molecule has 2 aliphatic rings. The molecular formula is C82H204O3. The van der Waals surface area contributed by atoms with Crippen LogP contribution >= 0.6 is 0 Å². The van der Waals surface area contributed by atoms with Gasteiger partial charge in [-0.1, -0.05) is 401 Å². The maximum Gasteiger partial charge on any atom is 0.0563 e. The van der Waals surface area contributed by atoms with Crippen molar-refractivity contribution >= 4 is 0 Å². The van der Waals surface area contributed by atoms with Crippen molar-refractivity contribution in [3.8, 4) is 0 Å². The number of aliphatic hydroxyl groups is 3. The van der Waals surface area contributed by atoms with Crippen LogP contribution in [0.5, 0.6) is 0 Å². The van der Waals surface area contributed by atoms with E-state index in [1.54, 1.807) is 0 Å². The Bertz CT molecular complexity index is 914. The zero-order valence-electron chi connectivity index (χ0n) is 59.3. The van der Waals surface area contributed by atoms with Crippen molar-refractivity contribution in [2.45, 2.75) is 445 Å². The third-order valence-electron chi connectivity index (χ3n) is 15.3. The van der Waals surface area contributed by atoms with Crippen LogP contribution in [0.1, 0.15) is 433 Å². The van der Waals surface area contributed by atoms with Gasteiger partial charge in [-0.05, 0) is 126 Å². The number of hydrogen-bond acceptors (Lipinski definition) is 3. The Hall–Kier alpha value is -0.120. The first-order chi connectivity index (χ1) is 33.6. The second-order valence-corrected chi connectivity index (χ2v) is 28.7. The van der Waals surface area contributed by atoms with E-state index < -0.39 is 0 Å². The van der Waals surface area contributed by atoms with Gasteiger partial charge in [-0.2, -0.15) is 0 Å². The topological polar surface area (TPSA) is 60.7 Å². The zero-order chi connectivity index (χ0) is 61.0. The lowest BCUT2D eigenvalue weighted by molar-refractivity contribution is 0.101. The SMILES string of the molecule is C.C.C.C.C.C.C.C.C.C.C.CC(C)(C)C.CC1CCC(C)C1.CC1CCCC(C)C1.CCC(C)(C)C.CCC(C)C.CCC(C)C.CCC(C)C(C)C.CCC(C)C(C)CC.CCC(C)C(C)O.CCC(C)CO.CCC(O)C(C)CC(C)C. The molecule has 0 radical (unpaired) electrons. The normalized spacial score (nSPS) is 17.4. The molecule has 3 N–H and O–H groups in total. The molecular weight excluding hydrogens is 1030 g/mol. The summed E-state index contributed by atoms with van der Waals surface area (Å²) in [5, 5.41) is 26.5. The zero-order valence-corrected chi connectivity index (χ0v) is 59.3. The van der Waals surface area contributed by atoms with E-state index in [1.165, 1.54) is 83.5 Å². The summed E-state index contributed by atoms with van der Waals surface area (Å²) < 4.78 is 0. The van der Waals surface area contributed by atoms with Crippen LogP contribution in [-0.2, 0) is 0 Å². The molecule has 550 valence electrons. The van der Waals surface area contributed by atoms with E-state index >= 15 is 0 Å². The lowest BCUT2D eigenvalue weighted by atomic mass is 9.84. The summed E-state index contributed by atoms with van der Waals surface area (Å²) in [6.45, 7) is 77.6. The van der Waals surface area contributed by atoms with Gasteiger partial charge in [-0.3, -0.25) is 0 Å². The monoisotopic (exact) mass is 1240 g/mol. The Labute approximate surface area is 558 Å². The average molecular weight is 1240 g/mol. The predicted molar refractivity (Wildman–Crippen MR) is 424 cm³/mol. The van der Waals surface area contributed by atoms with Crippen molar-refractivity contribution in [1.82, 2.24) is 0 Å². The van der Waals surface area contributed by atoms with Crippen molar-refractivity contribution < 1.29 is 15.3 Å². The average Bonchev–Trinajstić information content (AvgIpc) is 3.71. The molecule has 0 aromatic rings. The van der Waals surface area contributed by atoms with Crippen LogP contribution in [0.2, 0.25) is 0 Å². The van der Waals surface area contributed by atoms with Gasteiger partial charge in [0.25, 0.3) is 0 Å². The second kappa shape index (κ2) is 95.0. The highest BCUT2D eigenvalue weighted by Gasteiger charge is 2.16. The number of hydrogen-bond donors (Lipinski definition) is 3. The van der Waals surface area contributed by atoms with E-state index in [9.17, 15) is 5.11 Å². The maximum atomic E-state index is 9.38. The lowest BCUT2D eigenvalue weighted by Crippen LogP contribution is -2.17. The van der Waals surface area contributed by atoms with Gasteiger partial charge in [0.05, 0.1) is 12.2 Å². The summed E-state index contributed by atoms with van der Waals surface area (Å²) in [4.78, 5) is 0. The number of aliphatic hydroxyl groups excluding tert-OH is 3. The quantitative estimate of drug-likeness (QED) is 0.153. The molecule has 85 heavy (non-hydrogen) atoms. The van der Waals surface area contributed by atoms with Gasteiger partial charge in [0.2, 0.25) is 0 Å². The minimum Gasteiger partial charge on any atom is -0.396 e. The highest BCUT2D eigenvalue weighted by Crippen LogP contribution is 2.29. The fourth-order valence-electron chi connectivity index (χ4n) is 6.28. The molecule has 2 rings (SSSR count). The standard InChI is InChI=1S/C9H20O.C8H16.C8H18.C7H14.C7H16.C6H14O.C6H14.C5H12O.3C5H12.11CH4/c1-5-9(10)8(4)6-7(2)3;1-7-4-3-5-8(2)6-7;1-5-7(3)8(4)6-2;1-6-3-4-7(2)5-6;1-5-7(4)6(2)3;1-4-5(2)6(3)7;1-5-6(2,3)4;1-3-5(2)4-6;1-5(2,3)4;2*1-4-5(2)3;;;;;;;;;;;/h7-10H,5-6H2,1-4H3;7-8H,3-6H2,1-2H3;7-8H,5-6H2,1-4H3;6-7H,3-5H2,1-2H3;6-7H,5H2,1-4H3;5-7H,4H2,1-3H3;5H2,1-4H3;5-6H,3-4H2,1-2H3;1-4H3;2*5H,4H2,1-3H3;11*1H4. The third-order valence-corrected chi connectivity index (χ3v) is 15.3. The van der Waals surface area contributed by atoms with Gasteiger partial charge in [0, 0.05) is 6.61 Å². The van der Waals surface area contributed by atoms with Crippen LogP contribution in [-0.4, -0.2) is 34.1 Å². The van der Waals surface area contributed by atoms with E-state index in [-0.39, 0.29) is 93.9 Å². The summed E-state index contributed by atoms with van der Waals surface area (Å²) >= 11 is 0. The highest BCUT2D eigenvalue weighted by molar-refractivity contribution is 4.68. The molecule has 3 nitrogen and oxygen atoms in total. The summed E-state index contributed by atoms with van der Waals surface area (Å²) in [5.41, 5.74) is 1.04. The van der Waals surface area contributed by atoms with Gasteiger partial charge < -0.3 is 15.3 Å². The maximum absolute atomic E-state index is 9.38. The van der Waals surface area contributed by atoms with Crippen LogP contribution < -0.4 is 0 Å². The highest BCUT2D eigenvalue weighted by atomic mass is 16.3. The minimum absolute atomic E-state index is 0. The van der Waals surface area contributed by atoms with Gasteiger partial charge in [0.1, 0.15) is 0 Å². The molecule has 0 heterocycles. The molecule has 0 bridgehead atoms. The fourth-order valence-corrected chi connectivity index (χ4v) is 6.28. The van der Waals surface area contributed by atoms with Crippen molar-refractivity contribution in [2.75, 3.05) is 6.61 Å². The van der Waals surface area contributed by atoms with E-state index in [4.69, 9.17) is 10.2 Å². The Morgan fingerprint density at radius 1 is 0.353 bits per heavy atom. The predicted octanol–water partition coefficient (Wildman–Crippen LogP) is 31.5. The summed E-state index contributed by atoms with van der Waals surface area (Å²) in [6.07, 6.45) is 22.1. The Morgan fingerprint density at radius 3 is 0.682 bits per heavy atom. The van der Waals surface area contributed by atoms with Crippen LogP contribution in [0.3, 0.4) is 0 Å². The lowest BCUT2D eigenvalue weighted by Gasteiger charge is -2.22. The fraction of sp³-hybridized carbons (Fsp3) is 1.00. The molecule has 3 heteroatoms. The smallest absolute Gasteiger partial charge is 0.0563 e. The van der Waals surface area contributed by atoms with Crippen molar-refractivity contribution in [1.29, 1.82) is 0 Å². The van der Waals surface area contributed by atoms with E-state index in [2.05, 4.69) is 215 Å². The molecule has 12 unspecified atom stereocenters. The molecule has 2 fully saturated rings. The van der Waals surface area contributed by atoms with Crippen LogP contribution in [0.4, 0.5) is 0 Å².